The maximum Gasteiger partial charge on any atom is 0.130 e. The molecule has 4 nitrogen and oxygen atoms in total. The van der Waals surface area contributed by atoms with E-state index in [-0.39, 0.29) is 6.04 Å². The molecule has 1 saturated heterocycles. The van der Waals surface area contributed by atoms with E-state index in [2.05, 4.69) is 52.3 Å². The van der Waals surface area contributed by atoms with Gasteiger partial charge in [0, 0.05) is 43.4 Å². The van der Waals surface area contributed by atoms with Crippen molar-refractivity contribution in [1.29, 1.82) is 0 Å². The van der Waals surface area contributed by atoms with Gasteiger partial charge in [-0.3, -0.25) is 9.88 Å². The van der Waals surface area contributed by atoms with Crippen LogP contribution in [0.2, 0.25) is 0 Å². The number of nitrogens with two attached hydrogens (primary N) is 1. The van der Waals surface area contributed by atoms with Crippen molar-refractivity contribution in [2.75, 3.05) is 13.1 Å². The summed E-state index contributed by atoms with van der Waals surface area (Å²) in [6.07, 6.45) is 1.79. The number of nitrogens with zero attached hydrogens (tertiary/aromatic N) is 2. The van der Waals surface area contributed by atoms with Gasteiger partial charge >= 0.3 is 0 Å². The van der Waals surface area contributed by atoms with Crippen LogP contribution in [0.4, 0.5) is 0 Å². The fraction of sp³-hybridized carbons (Fsp3) is 0.261. The minimum atomic E-state index is 0.161. The number of likely N-dealkylation sites (tertiary alicyclic amines) is 1. The molecule has 0 bridgehead atoms. The average molecular weight is 359 g/mol. The van der Waals surface area contributed by atoms with E-state index in [1.165, 1.54) is 11.1 Å². The van der Waals surface area contributed by atoms with Crippen LogP contribution in [-0.4, -0.2) is 29.0 Å². The van der Waals surface area contributed by atoms with Crippen molar-refractivity contribution in [2.24, 2.45) is 5.73 Å². The van der Waals surface area contributed by atoms with Crippen LogP contribution >= 0.6 is 0 Å². The molecule has 2 heterocycles. The third-order valence-corrected chi connectivity index (χ3v) is 5.14. The highest BCUT2D eigenvalue weighted by molar-refractivity contribution is 5.34. The molecule has 1 aromatic heterocycles. The number of rotatable bonds is 6. The molecule has 1 fully saturated rings. The summed E-state index contributed by atoms with van der Waals surface area (Å²) >= 11 is 0. The highest BCUT2D eigenvalue weighted by Crippen LogP contribution is 2.29. The van der Waals surface area contributed by atoms with Crippen molar-refractivity contribution in [3.05, 3.63) is 95.8 Å². The third-order valence-electron chi connectivity index (χ3n) is 5.14. The van der Waals surface area contributed by atoms with Crippen molar-refractivity contribution in [1.82, 2.24) is 9.88 Å². The quantitative estimate of drug-likeness (QED) is 0.731. The highest BCUT2D eigenvalue weighted by atomic mass is 16.5. The molecule has 3 aromatic rings. The minimum Gasteiger partial charge on any atom is -0.487 e. The van der Waals surface area contributed by atoms with Gasteiger partial charge in [0.2, 0.25) is 0 Å². The molecule has 0 saturated carbocycles. The van der Waals surface area contributed by atoms with Gasteiger partial charge in [-0.1, -0.05) is 54.6 Å². The van der Waals surface area contributed by atoms with Crippen LogP contribution < -0.4 is 10.5 Å². The summed E-state index contributed by atoms with van der Waals surface area (Å²) in [7, 11) is 0. The Labute approximate surface area is 160 Å². The first-order chi connectivity index (χ1) is 13.3. The Bertz CT molecular complexity index is 854. The van der Waals surface area contributed by atoms with Crippen LogP contribution in [0.1, 0.15) is 22.7 Å². The number of aromatic nitrogens is 1. The molecule has 2 aromatic carbocycles. The minimum absolute atomic E-state index is 0.161. The van der Waals surface area contributed by atoms with E-state index in [9.17, 15) is 0 Å². The van der Waals surface area contributed by atoms with E-state index in [1.54, 1.807) is 6.20 Å². The Balaban J connectivity index is 1.42. The van der Waals surface area contributed by atoms with Crippen molar-refractivity contribution >= 4 is 0 Å². The Hall–Kier alpha value is -2.69. The average Bonchev–Trinajstić information content (AvgIpc) is 3.09. The van der Waals surface area contributed by atoms with Gasteiger partial charge in [-0.2, -0.15) is 0 Å². The van der Waals surface area contributed by atoms with Crippen molar-refractivity contribution < 1.29 is 4.74 Å². The molecule has 1 aliphatic heterocycles. The second-order valence-corrected chi connectivity index (χ2v) is 7.09. The summed E-state index contributed by atoms with van der Waals surface area (Å²) in [5.74, 6) is 1.30. The molecule has 4 heteroatoms. The first-order valence-corrected chi connectivity index (χ1v) is 9.43. The molecule has 0 radical (unpaired) electrons. The second kappa shape index (κ2) is 8.33. The first kappa shape index (κ1) is 17.7. The molecular formula is C23H25N3O. The maximum atomic E-state index is 6.45. The first-order valence-electron chi connectivity index (χ1n) is 9.43. The number of hydrogen-bond donors (Lipinski definition) is 1. The molecule has 1 aliphatic rings. The van der Waals surface area contributed by atoms with Gasteiger partial charge in [0.25, 0.3) is 0 Å². The van der Waals surface area contributed by atoms with Crippen LogP contribution in [0, 0.1) is 0 Å². The van der Waals surface area contributed by atoms with Crippen LogP contribution in [0.5, 0.6) is 5.75 Å². The van der Waals surface area contributed by atoms with Crippen LogP contribution in [-0.2, 0) is 13.2 Å². The van der Waals surface area contributed by atoms with E-state index in [0.29, 0.717) is 12.5 Å². The molecule has 138 valence electrons. The maximum absolute atomic E-state index is 6.45. The highest BCUT2D eigenvalue weighted by Gasteiger charge is 2.31. The molecule has 2 N–H and O–H groups in total. The number of hydrogen-bond acceptors (Lipinski definition) is 4. The van der Waals surface area contributed by atoms with E-state index in [4.69, 9.17) is 10.5 Å². The van der Waals surface area contributed by atoms with E-state index in [1.807, 2.05) is 30.3 Å². The van der Waals surface area contributed by atoms with Gasteiger partial charge in [0.05, 0.1) is 5.69 Å². The lowest BCUT2D eigenvalue weighted by molar-refractivity contribution is 0.281. The largest absolute Gasteiger partial charge is 0.487 e. The van der Waals surface area contributed by atoms with Crippen molar-refractivity contribution in [3.8, 4) is 5.75 Å². The normalized spacial score (nSPS) is 19.9. The summed E-state index contributed by atoms with van der Waals surface area (Å²) in [4.78, 5) is 6.75. The lowest BCUT2D eigenvalue weighted by atomic mass is 9.95. The van der Waals surface area contributed by atoms with E-state index >= 15 is 0 Å². The predicted molar refractivity (Wildman–Crippen MR) is 107 cm³/mol. The van der Waals surface area contributed by atoms with Crippen LogP contribution in [0.25, 0.3) is 0 Å². The monoisotopic (exact) mass is 359 g/mol. The number of benzene rings is 2. The Morgan fingerprint density at radius 2 is 1.70 bits per heavy atom. The molecule has 0 spiro atoms. The van der Waals surface area contributed by atoms with Gasteiger partial charge in [-0.25, -0.2) is 0 Å². The fourth-order valence-electron chi connectivity index (χ4n) is 3.75. The zero-order chi connectivity index (χ0) is 18.5. The molecule has 0 unspecified atom stereocenters. The zero-order valence-corrected chi connectivity index (χ0v) is 15.4. The lowest BCUT2D eigenvalue weighted by Crippen LogP contribution is -2.28. The fourth-order valence-corrected chi connectivity index (χ4v) is 3.75. The molecule has 27 heavy (non-hydrogen) atoms. The van der Waals surface area contributed by atoms with Crippen LogP contribution in [0.15, 0.2) is 79.0 Å². The standard InChI is InChI=1S/C23H25N3O/c24-22-16-26(15-21(22)18-8-2-1-3-9-18)14-19-10-4-5-12-23(19)27-17-20-11-6-7-13-25-20/h1-13,21-22H,14-17,24H2/t21-,22+/m0/s1. The van der Waals surface area contributed by atoms with Gasteiger partial charge in [-0.05, 0) is 23.8 Å². The van der Waals surface area contributed by atoms with Gasteiger partial charge in [-0.15, -0.1) is 0 Å². The molecule has 0 aliphatic carbocycles. The van der Waals surface area contributed by atoms with Gasteiger partial charge in [0.1, 0.15) is 12.4 Å². The number of para-hydroxylation sites is 1. The summed E-state index contributed by atoms with van der Waals surface area (Å²) in [5, 5.41) is 0. The number of pyridine rings is 1. The van der Waals surface area contributed by atoms with Gasteiger partial charge in [0.15, 0.2) is 0 Å². The smallest absolute Gasteiger partial charge is 0.130 e. The van der Waals surface area contributed by atoms with Crippen molar-refractivity contribution in [2.45, 2.75) is 25.1 Å². The van der Waals surface area contributed by atoms with E-state index in [0.717, 1.165) is 31.1 Å². The predicted octanol–water partition coefficient (Wildman–Crippen LogP) is 3.59. The SMILES string of the molecule is N[C@@H]1CN(Cc2ccccc2OCc2ccccn2)C[C@H]1c1ccccc1. The Kier molecular flexibility index (Phi) is 5.47. The Morgan fingerprint density at radius 1 is 0.926 bits per heavy atom. The molecular weight excluding hydrogens is 334 g/mol. The van der Waals surface area contributed by atoms with Crippen LogP contribution in [0.3, 0.4) is 0 Å². The van der Waals surface area contributed by atoms with Crippen molar-refractivity contribution in [3.63, 3.8) is 0 Å². The topological polar surface area (TPSA) is 51.4 Å². The summed E-state index contributed by atoms with van der Waals surface area (Å²) in [5.41, 5.74) is 9.89. The Morgan fingerprint density at radius 3 is 2.52 bits per heavy atom. The zero-order valence-electron chi connectivity index (χ0n) is 15.4. The molecule has 4 rings (SSSR count). The number of ether oxygens (including phenoxy) is 1. The van der Waals surface area contributed by atoms with Gasteiger partial charge < -0.3 is 10.5 Å². The summed E-state index contributed by atoms with van der Waals surface area (Å²) in [6.45, 7) is 3.19. The lowest BCUT2D eigenvalue weighted by Gasteiger charge is -2.18. The summed E-state index contributed by atoms with van der Waals surface area (Å²) < 4.78 is 6.05. The molecule has 2 atom stereocenters. The second-order valence-electron chi connectivity index (χ2n) is 7.09. The third kappa shape index (κ3) is 4.35. The van der Waals surface area contributed by atoms with E-state index < -0.39 is 0 Å². The summed E-state index contributed by atoms with van der Waals surface area (Å²) in [6, 6.07) is 24.9. The molecule has 0 amide bonds.